The van der Waals surface area contributed by atoms with Gasteiger partial charge in [-0.05, 0) is 12.8 Å². The molecule has 1 N–H and O–H groups in total. The van der Waals surface area contributed by atoms with Gasteiger partial charge in [-0.1, -0.05) is 0 Å². The van der Waals surface area contributed by atoms with Crippen LogP contribution in [0.15, 0.2) is 0 Å². The van der Waals surface area contributed by atoms with E-state index in [9.17, 15) is 18.0 Å². The van der Waals surface area contributed by atoms with Crippen LogP contribution in [0.4, 0.5) is 13.2 Å². The van der Waals surface area contributed by atoms with E-state index in [4.69, 9.17) is 6.42 Å². The molecule has 0 saturated heterocycles. The molecular weight excluding hydrogens is 235 g/mol. The van der Waals surface area contributed by atoms with Crippen molar-refractivity contribution in [2.24, 2.45) is 0 Å². The van der Waals surface area contributed by atoms with Gasteiger partial charge in [0.25, 0.3) is 0 Å². The molecular formula is C11H16F3NO2. The summed E-state index contributed by atoms with van der Waals surface area (Å²) in [5.74, 6) is 2.16. The summed E-state index contributed by atoms with van der Waals surface area (Å²) in [6, 6.07) is 0. The lowest BCUT2D eigenvalue weighted by molar-refractivity contribution is -0.174. The lowest BCUT2D eigenvalue weighted by Gasteiger charge is -2.07. The van der Waals surface area contributed by atoms with Crippen molar-refractivity contribution in [1.82, 2.24) is 5.32 Å². The van der Waals surface area contributed by atoms with E-state index >= 15 is 0 Å². The highest BCUT2D eigenvalue weighted by Gasteiger charge is 2.27. The molecule has 0 radical (unpaired) electrons. The van der Waals surface area contributed by atoms with Crippen molar-refractivity contribution in [3.8, 4) is 12.3 Å². The minimum Gasteiger partial charge on any atom is -0.372 e. The lowest BCUT2D eigenvalue weighted by Crippen LogP contribution is -2.26. The first-order chi connectivity index (χ1) is 7.95. The monoisotopic (exact) mass is 251 g/mol. The molecule has 0 aromatic carbocycles. The van der Waals surface area contributed by atoms with Gasteiger partial charge in [0, 0.05) is 19.4 Å². The summed E-state index contributed by atoms with van der Waals surface area (Å²) >= 11 is 0. The van der Waals surface area contributed by atoms with Crippen molar-refractivity contribution in [3.05, 3.63) is 0 Å². The summed E-state index contributed by atoms with van der Waals surface area (Å²) in [5, 5.41) is 2.57. The fourth-order valence-electron chi connectivity index (χ4n) is 1.02. The van der Waals surface area contributed by atoms with Crippen LogP contribution in [0.2, 0.25) is 0 Å². The molecule has 0 atom stereocenters. The number of nitrogens with one attached hydrogen (secondary N) is 1. The van der Waals surface area contributed by atoms with Crippen LogP contribution in [0, 0.1) is 12.3 Å². The van der Waals surface area contributed by atoms with Gasteiger partial charge in [-0.3, -0.25) is 4.79 Å². The standard InChI is InChI=1S/C11H16F3NO2/c1-2-3-4-5-7-15-10(16)6-8-17-9-11(12,13)14/h1H,3-9H2,(H,15,16). The van der Waals surface area contributed by atoms with E-state index in [0.717, 1.165) is 12.8 Å². The number of carbonyl (C=O) groups excluding carboxylic acids is 1. The van der Waals surface area contributed by atoms with E-state index in [1.165, 1.54) is 0 Å². The zero-order valence-electron chi connectivity index (χ0n) is 9.48. The molecule has 17 heavy (non-hydrogen) atoms. The highest BCUT2D eigenvalue weighted by Crippen LogP contribution is 2.14. The Morgan fingerprint density at radius 2 is 2.06 bits per heavy atom. The average molecular weight is 251 g/mol. The maximum absolute atomic E-state index is 11.7. The molecule has 0 saturated carbocycles. The number of carbonyl (C=O) groups is 1. The second-order valence-corrected chi connectivity index (χ2v) is 3.43. The summed E-state index contributed by atoms with van der Waals surface area (Å²) in [6.45, 7) is -1.06. The highest BCUT2D eigenvalue weighted by molar-refractivity contribution is 5.75. The normalized spacial score (nSPS) is 10.9. The van der Waals surface area contributed by atoms with E-state index in [1.54, 1.807) is 0 Å². The number of terminal acetylenes is 1. The molecule has 6 heteroatoms. The molecule has 0 aliphatic heterocycles. The molecule has 98 valence electrons. The van der Waals surface area contributed by atoms with Crippen LogP contribution < -0.4 is 5.32 Å². The molecule has 0 aliphatic rings. The maximum atomic E-state index is 11.7. The number of rotatable bonds is 8. The molecule has 0 aromatic rings. The fourth-order valence-corrected chi connectivity index (χ4v) is 1.02. The largest absolute Gasteiger partial charge is 0.411 e. The topological polar surface area (TPSA) is 38.3 Å². The van der Waals surface area contributed by atoms with Gasteiger partial charge in [0.1, 0.15) is 6.61 Å². The van der Waals surface area contributed by atoms with Crippen molar-refractivity contribution in [2.45, 2.75) is 31.9 Å². The van der Waals surface area contributed by atoms with E-state index < -0.39 is 12.8 Å². The third-order valence-electron chi connectivity index (χ3n) is 1.81. The Hall–Kier alpha value is -1.22. The van der Waals surface area contributed by atoms with Crippen molar-refractivity contribution in [2.75, 3.05) is 19.8 Å². The molecule has 0 spiro atoms. The summed E-state index contributed by atoms with van der Waals surface area (Å²) < 4.78 is 39.3. The molecule has 0 heterocycles. The second kappa shape index (κ2) is 8.88. The summed E-state index contributed by atoms with van der Waals surface area (Å²) in [7, 11) is 0. The Kier molecular flexibility index (Phi) is 8.24. The van der Waals surface area contributed by atoms with Gasteiger partial charge in [-0.15, -0.1) is 12.3 Å². The highest BCUT2D eigenvalue weighted by atomic mass is 19.4. The van der Waals surface area contributed by atoms with Gasteiger partial charge in [0.2, 0.25) is 5.91 Å². The maximum Gasteiger partial charge on any atom is 0.411 e. The molecule has 0 rings (SSSR count). The predicted molar refractivity (Wildman–Crippen MR) is 57.2 cm³/mol. The van der Waals surface area contributed by atoms with Crippen LogP contribution in [-0.2, 0) is 9.53 Å². The van der Waals surface area contributed by atoms with Crippen LogP contribution in [0.1, 0.15) is 25.7 Å². The number of hydrogen-bond donors (Lipinski definition) is 1. The number of unbranched alkanes of at least 4 members (excludes halogenated alkanes) is 2. The zero-order valence-corrected chi connectivity index (χ0v) is 9.48. The zero-order chi connectivity index (χ0) is 13.1. The van der Waals surface area contributed by atoms with Gasteiger partial charge >= 0.3 is 6.18 Å². The quantitative estimate of drug-likeness (QED) is 0.528. The lowest BCUT2D eigenvalue weighted by atomic mass is 10.2. The van der Waals surface area contributed by atoms with Crippen molar-refractivity contribution in [3.63, 3.8) is 0 Å². The SMILES string of the molecule is C#CCCCCNC(=O)CCOCC(F)(F)F. The second-order valence-electron chi connectivity index (χ2n) is 3.43. The van der Waals surface area contributed by atoms with E-state index in [0.29, 0.717) is 13.0 Å². The fraction of sp³-hybridized carbons (Fsp3) is 0.727. The molecule has 0 fully saturated rings. The van der Waals surface area contributed by atoms with Gasteiger partial charge in [0.05, 0.1) is 6.61 Å². The first-order valence-corrected chi connectivity index (χ1v) is 5.30. The smallest absolute Gasteiger partial charge is 0.372 e. The van der Waals surface area contributed by atoms with Gasteiger partial charge in [0.15, 0.2) is 0 Å². The van der Waals surface area contributed by atoms with Crippen molar-refractivity contribution >= 4 is 5.91 Å². The van der Waals surface area contributed by atoms with Gasteiger partial charge in [-0.2, -0.15) is 13.2 Å². The van der Waals surface area contributed by atoms with Crippen molar-refractivity contribution in [1.29, 1.82) is 0 Å². The van der Waals surface area contributed by atoms with E-state index in [1.807, 2.05) is 0 Å². The Morgan fingerprint density at radius 1 is 1.35 bits per heavy atom. The Labute approximate surface area is 98.7 Å². The number of hydrogen-bond acceptors (Lipinski definition) is 2. The molecule has 0 bridgehead atoms. The third-order valence-corrected chi connectivity index (χ3v) is 1.81. The molecule has 3 nitrogen and oxygen atoms in total. The molecule has 0 unspecified atom stereocenters. The molecule has 0 aliphatic carbocycles. The Bertz CT molecular complexity index is 258. The Balaban J connectivity index is 3.33. The number of halogens is 3. The summed E-state index contributed by atoms with van der Waals surface area (Å²) in [4.78, 5) is 11.1. The van der Waals surface area contributed by atoms with Crippen LogP contribution in [0.3, 0.4) is 0 Å². The Morgan fingerprint density at radius 3 is 2.65 bits per heavy atom. The number of amides is 1. The van der Waals surface area contributed by atoms with Crippen LogP contribution >= 0.6 is 0 Å². The van der Waals surface area contributed by atoms with Crippen LogP contribution in [0.5, 0.6) is 0 Å². The first-order valence-electron chi connectivity index (χ1n) is 5.30. The summed E-state index contributed by atoms with van der Waals surface area (Å²) in [6.07, 6.45) is 2.88. The minimum absolute atomic E-state index is 0.0643. The summed E-state index contributed by atoms with van der Waals surface area (Å²) in [5.41, 5.74) is 0. The third kappa shape index (κ3) is 12.7. The molecule has 1 amide bonds. The minimum atomic E-state index is -4.34. The van der Waals surface area contributed by atoms with E-state index in [-0.39, 0.29) is 18.9 Å². The van der Waals surface area contributed by atoms with Crippen LogP contribution in [0.25, 0.3) is 0 Å². The average Bonchev–Trinajstić information content (AvgIpc) is 2.23. The van der Waals surface area contributed by atoms with Crippen LogP contribution in [-0.4, -0.2) is 31.8 Å². The van der Waals surface area contributed by atoms with Gasteiger partial charge in [-0.25, -0.2) is 0 Å². The number of ether oxygens (including phenoxy) is 1. The van der Waals surface area contributed by atoms with Gasteiger partial charge < -0.3 is 10.1 Å². The van der Waals surface area contributed by atoms with Crippen molar-refractivity contribution < 1.29 is 22.7 Å². The molecule has 0 aromatic heterocycles. The van der Waals surface area contributed by atoms with E-state index in [2.05, 4.69) is 16.0 Å². The number of alkyl halides is 3. The first kappa shape index (κ1) is 15.8. The predicted octanol–water partition coefficient (Wildman–Crippen LogP) is 1.88.